The van der Waals surface area contributed by atoms with Crippen LogP contribution in [0.4, 0.5) is 4.79 Å². The number of benzene rings is 1. The fourth-order valence-corrected chi connectivity index (χ4v) is 5.14. The van der Waals surface area contributed by atoms with E-state index in [1.807, 2.05) is 44.2 Å². The molecule has 0 unspecified atom stereocenters. The second-order valence-corrected chi connectivity index (χ2v) is 8.80. The van der Waals surface area contributed by atoms with Gasteiger partial charge in [-0.25, -0.2) is 4.79 Å². The van der Waals surface area contributed by atoms with Crippen molar-refractivity contribution in [3.8, 4) is 0 Å². The summed E-state index contributed by atoms with van der Waals surface area (Å²) in [6.07, 6.45) is 4.08. The number of urea groups is 1. The Hall–Kier alpha value is -2.93. The molecule has 1 aromatic heterocycles. The normalized spacial score (nSPS) is 20.4. The number of nitrogens with one attached hydrogen (secondary N) is 1. The van der Waals surface area contributed by atoms with Crippen molar-refractivity contribution in [2.24, 2.45) is 0 Å². The third-order valence-electron chi connectivity index (χ3n) is 6.81. The van der Waals surface area contributed by atoms with Gasteiger partial charge < -0.3 is 14.6 Å². The van der Waals surface area contributed by atoms with Gasteiger partial charge in [0.25, 0.3) is 5.91 Å². The Bertz CT molecular complexity index is 1060. The molecular formula is C25H31N3O4. The number of aryl methyl sites for hydroxylation is 2. The summed E-state index contributed by atoms with van der Waals surface area (Å²) < 4.78 is 7.21. The number of amides is 3. The first-order valence-corrected chi connectivity index (χ1v) is 11.3. The quantitative estimate of drug-likeness (QED) is 0.408. The number of carbonyl (C=O) groups is 3. The molecule has 3 amide bonds. The summed E-state index contributed by atoms with van der Waals surface area (Å²) in [4.78, 5) is 40.8. The van der Waals surface area contributed by atoms with E-state index in [9.17, 15) is 14.4 Å². The number of rotatable bonds is 7. The first-order chi connectivity index (χ1) is 15.4. The van der Waals surface area contributed by atoms with E-state index in [2.05, 4.69) is 9.88 Å². The maximum absolute atomic E-state index is 13.6. The SMILES string of the molecule is COCCCn1c(C)cc(C(=O)CN2C(=O)N[C@@]3(CCCCc4ccccc43)C2=O)c1C. The molecule has 1 saturated heterocycles. The van der Waals surface area contributed by atoms with Gasteiger partial charge in [0.1, 0.15) is 5.54 Å². The van der Waals surface area contributed by atoms with E-state index in [0.29, 0.717) is 18.6 Å². The lowest BCUT2D eigenvalue weighted by molar-refractivity contribution is -0.131. The van der Waals surface area contributed by atoms with E-state index in [1.165, 1.54) is 0 Å². The number of imide groups is 1. The van der Waals surface area contributed by atoms with Gasteiger partial charge in [0.15, 0.2) is 5.78 Å². The van der Waals surface area contributed by atoms with E-state index < -0.39 is 11.6 Å². The van der Waals surface area contributed by atoms with Gasteiger partial charge in [0.05, 0.1) is 6.54 Å². The van der Waals surface area contributed by atoms with Crippen LogP contribution in [-0.4, -0.2) is 47.4 Å². The average molecular weight is 438 g/mol. The topological polar surface area (TPSA) is 80.6 Å². The Kier molecular flexibility index (Phi) is 6.20. The molecule has 1 N–H and O–H groups in total. The third kappa shape index (κ3) is 3.75. The molecule has 1 aliphatic heterocycles. The Morgan fingerprint density at radius 3 is 2.75 bits per heavy atom. The zero-order valence-electron chi connectivity index (χ0n) is 19.1. The largest absolute Gasteiger partial charge is 0.385 e. The molecule has 0 bridgehead atoms. The highest BCUT2D eigenvalue weighted by atomic mass is 16.5. The van der Waals surface area contributed by atoms with Gasteiger partial charge in [-0.05, 0) is 63.1 Å². The van der Waals surface area contributed by atoms with Crippen LogP contribution in [0.5, 0.6) is 0 Å². The fourth-order valence-electron chi connectivity index (χ4n) is 5.14. The van der Waals surface area contributed by atoms with E-state index in [-0.39, 0.29) is 18.2 Å². The van der Waals surface area contributed by atoms with Crippen LogP contribution in [0.1, 0.15) is 58.6 Å². The molecule has 4 rings (SSSR count). The Balaban J connectivity index is 1.58. The van der Waals surface area contributed by atoms with Crippen LogP contribution in [0, 0.1) is 13.8 Å². The zero-order chi connectivity index (χ0) is 22.9. The minimum absolute atomic E-state index is 0.224. The van der Waals surface area contributed by atoms with E-state index >= 15 is 0 Å². The predicted octanol–water partition coefficient (Wildman–Crippen LogP) is 3.50. The second kappa shape index (κ2) is 8.90. The Labute approximate surface area is 188 Å². The summed E-state index contributed by atoms with van der Waals surface area (Å²) in [6, 6.07) is 9.17. The summed E-state index contributed by atoms with van der Waals surface area (Å²) in [6.45, 7) is 5.01. The highest BCUT2D eigenvalue weighted by Crippen LogP contribution is 2.39. The lowest BCUT2D eigenvalue weighted by atomic mass is 9.84. The summed E-state index contributed by atoms with van der Waals surface area (Å²) in [5.74, 6) is -0.544. The highest BCUT2D eigenvalue weighted by molar-refractivity contribution is 6.11. The molecule has 0 radical (unpaired) electrons. The van der Waals surface area contributed by atoms with Gasteiger partial charge in [0.2, 0.25) is 0 Å². The van der Waals surface area contributed by atoms with Crippen molar-refractivity contribution in [3.05, 3.63) is 58.4 Å². The molecule has 2 heterocycles. The number of methoxy groups -OCH3 is 1. The molecular weight excluding hydrogens is 406 g/mol. The van der Waals surface area contributed by atoms with Crippen LogP contribution in [-0.2, 0) is 28.0 Å². The predicted molar refractivity (Wildman–Crippen MR) is 121 cm³/mol. The summed E-state index contributed by atoms with van der Waals surface area (Å²) in [5, 5.41) is 2.95. The van der Waals surface area contributed by atoms with Crippen molar-refractivity contribution in [2.75, 3.05) is 20.3 Å². The fraction of sp³-hybridized carbons (Fsp3) is 0.480. The molecule has 0 saturated carbocycles. The number of nitrogens with zero attached hydrogens (tertiary/aromatic N) is 2. The monoisotopic (exact) mass is 437 g/mol. The van der Waals surface area contributed by atoms with Crippen molar-refractivity contribution in [1.82, 2.24) is 14.8 Å². The van der Waals surface area contributed by atoms with Gasteiger partial charge in [-0.1, -0.05) is 24.3 Å². The maximum Gasteiger partial charge on any atom is 0.325 e. The molecule has 1 aliphatic carbocycles. The number of Topliss-reactive ketones (excluding diaryl/α,β-unsaturated/α-hetero) is 1. The van der Waals surface area contributed by atoms with Crippen molar-refractivity contribution in [3.63, 3.8) is 0 Å². The molecule has 1 spiro atoms. The van der Waals surface area contributed by atoms with Crippen molar-refractivity contribution in [1.29, 1.82) is 0 Å². The molecule has 7 heteroatoms. The maximum atomic E-state index is 13.6. The Morgan fingerprint density at radius 2 is 1.97 bits per heavy atom. The number of carbonyl (C=O) groups excluding carboxylic acids is 3. The minimum atomic E-state index is -1.07. The first-order valence-electron chi connectivity index (χ1n) is 11.3. The van der Waals surface area contributed by atoms with Gasteiger partial charge in [0, 0.05) is 37.2 Å². The van der Waals surface area contributed by atoms with Gasteiger partial charge in [-0.15, -0.1) is 0 Å². The van der Waals surface area contributed by atoms with Crippen LogP contribution in [0.25, 0.3) is 0 Å². The Morgan fingerprint density at radius 1 is 1.19 bits per heavy atom. The molecule has 170 valence electrons. The lowest BCUT2D eigenvalue weighted by Gasteiger charge is -2.27. The van der Waals surface area contributed by atoms with Crippen LogP contribution >= 0.6 is 0 Å². The van der Waals surface area contributed by atoms with E-state index in [0.717, 1.165) is 59.6 Å². The third-order valence-corrected chi connectivity index (χ3v) is 6.81. The number of aromatic nitrogens is 1. The molecule has 32 heavy (non-hydrogen) atoms. The second-order valence-electron chi connectivity index (χ2n) is 8.80. The van der Waals surface area contributed by atoms with Crippen molar-refractivity contribution in [2.45, 2.75) is 58.0 Å². The first kappa shape index (κ1) is 22.3. The summed E-state index contributed by atoms with van der Waals surface area (Å²) in [5.41, 5.74) is 3.27. The minimum Gasteiger partial charge on any atom is -0.385 e. The van der Waals surface area contributed by atoms with Crippen molar-refractivity contribution < 1.29 is 19.1 Å². The average Bonchev–Trinajstić information content (AvgIpc) is 3.10. The highest BCUT2D eigenvalue weighted by Gasteiger charge is 2.53. The van der Waals surface area contributed by atoms with E-state index in [4.69, 9.17) is 4.74 Å². The molecule has 2 aromatic rings. The standard InChI is InChI=1S/C25H31N3O4/c1-17-15-20(18(2)27(17)13-8-14-32-3)22(29)16-28-23(30)25(26-24(28)31)12-7-6-10-19-9-4-5-11-21(19)25/h4-5,9,11,15H,6-8,10,12-14,16H2,1-3H3,(H,26,31)/t25-/m1/s1. The zero-order valence-corrected chi connectivity index (χ0v) is 19.1. The van der Waals surface area contributed by atoms with E-state index in [1.54, 1.807) is 7.11 Å². The smallest absolute Gasteiger partial charge is 0.325 e. The lowest BCUT2D eigenvalue weighted by Crippen LogP contribution is -2.44. The molecule has 1 atom stereocenters. The number of hydrogen-bond acceptors (Lipinski definition) is 4. The molecule has 1 aromatic carbocycles. The van der Waals surface area contributed by atoms with Crippen molar-refractivity contribution >= 4 is 17.7 Å². The number of hydrogen-bond donors (Lipinski definition) is 1. The summed E-state index contributed by atoms with van der Waals surface area (Å²) >= 11 is 0. The van der Waals surface area contributed by atoms with Crippen LogP contribution in [0.15, 0.2) is 30.3 Å². The van der Waals surface area contributed by atoms with Gasteiger partial charge in [-0.3, -0.25) is 14.5 Å². The number of fused-ring (bicyclic) bond motifs is 2. The van der Waals surface area contributed by atoms with Gasteiger partial charge in [-0.2, -0.15) is 0 Å². The van der Waals surface area contributed by atoms with Crippen LogP contribution in [0.2, 0.25) is 0 Å². The molecule has 7 nitrogen and oxygen atoms in total. The van der Waals surface area contributed by atoms with Crippen LogP contribution < -0.4 is 5.32 Å². The summed E-state index contributed by atoms with van der Waals surface area (Å²) in [7, 11) is 1.67. The molecule has 1 fully saturated rings. The van der Waals surface area contributed by atoms with Gasteiger partial charge >= 0.3 is 6.03 Å². The van der Waals surface area contributed by atoms with Crippen LogP contribution in [0.3, 0.4) is 0 Å². The number of ether oxygens (including phenoxy) is 1. The number of ketones is 1. The molecule has 2 aliphatic rings.